The van der Waals surface area contributed by atoms with Crippen molar-refractivity contribution in [2.75, 3.05) is 0 Å². The van der Waals surface area contributed by atoms with Gasteiger partial charge in [0.1, 0.15) is 0 Å². The third kappa shape index (κ3) is 6.33. The third-order valence-corrected chi connectivity index (χ3v) is 8.70. The Kier molecular flexibility index (Phi) is 9.49. The Morgan fingerprint density at radius 3 is 1.92 bits per heavy atom. The molecule has 36 heavy (non-hydrogen) atoms. The second-order valence-corrected chi connectivity index (χ2v) is 11.1. The molecule has 0 unspecified atom stereocenters. The van der Waals surface area contributed by atoms with Gasteiger partial charge in [-0.3, -0.25) is 0 Å². The monoisotopic (exact) mass is 504 g/mol. The van der Waals surface area contributed by atoms with Crippen LogP contribution in [0.4, 0.5) is 17.6 Å². The lowest BCUT2D eigenvalue weighted by molar-refractivity contribution is -0.00402. The second kappa shape index (κ2) is 12.6. The summed E-state index contributed by atoms with van der Waals surface area (Å²) in [6.45, 7) is 3.67. The molecule has 2 saturated carbocycles. The molecule has 0 saturated heterocycles. The molecule has 0 bridgehead atoms. The molecule has 0 aromatic heterocycles. The molecule has 2 fully saturated rings. The number of hydrogen-bond donors (Lipinski definition) is 0. The number of unbranched alkanes of at least 4 members (excludes halogenated alkanes) is 2. The standard InChI is InChI=1S/C31H40F4O/c1-3-4-5-6-21-8-10-22(11-9-21)23-12-15-25(16-13-23)36-19-24-14-18-27(31(35)29(24)33)26-17-7-20(2)28(32)30(26)34/h7,14,17-18,21-23,25H,3-6,8-13,15-16,19H2,1-2H3. The van der Waals surface area contributed by atoms with Crippen LogP contribution < -0.4 is 0 Å². The van der Waals surface area contributed by atoms with Gasteiger partial charge in [-0.2, -0.15) is 0 Å². The van der Waals surface area contributed by atoms with E-state index in [0.717, 1.165) is 43.4 Å². The summed E-state index contributed by atoms with van der Waals surface area (Å²) in [7, 11) is 0. The lowest BCUT2D eigenvalue weighted by Crippen LogP contribution is -2.28. The van der Waals surface area contributed by atoms with Crippen LogP contribution in [0.3, 0.4) is 0 Å². The van der Waals surface area contributed by atoms with E-state index in [1.807, 2.05) is 0 Å². The summed E-state index contributed by atoms with van der Waals surface area (Å²) in [4.78, 5) is 0. The highest BCUT2D eigenvalue weighted by atomic mass is 19.2. The Hall–Kier alpha value is -1.88. The number of benzene rings is 2. The third-order valence-electron chi connectivity index (χ3n) is 8.70. The molecule has 0 aliphatic heterocycles. The molecule has 2 aromatic carbocycles. The SMILES string of the molecule is CCCCCC1CCC(C2CCC(OCc3ccc(-c4ccc(C)c(F)c4F)c(F)c3F)CC2)CC1. The summed E-state index contributed by atoms with van der Waals surface area (Å²) in [5.41, 5.74) is -0.344. The number of aryl methyl sites for hydroxylation is 1. The van der Waals surface area contributed by atoms with Gasteiger partial charge in [0.25, 0.3) is 0 Å². The predicted octanol–water partition coefficient (Wildman–Crippen LogP) is 9.68. The predicted molar refractivity (Wildman–Crippen MR) is 137 cm³/mol. The van der Waals surface area contributed by atoms with Crippen LogP contribution >= 0.6 is 0 Å². The first kappa shape index (κ1) is 27.2. The zero-order chi connectivity index (χ0) is 25.7. The van der Waals surface area contributed by atoms with Gasteiger partial charge in [0.2, 0.25) is 0 Å². The second-order valence-electron chi connectivity index (χ2n) is 11.1. The van der Waals surface area contributed by atoms with Crippen LogP contribution in [0.25, 0.3) is 11.1 Å². The summed E-state index contributed by atoms with van der Waals surface area (Å²) in [6, 6.07) is 5.35. The Morgan fingerprint density at radius 1 is 0.694 bits per heavy atom. The summed E-state index contributed by atoms with van der Waals surface area (Å²) < 4.78 is 63.8. The van der Waals surface area contributed by atoms with Crippen molar-refractivity contribution in [2.45, 2.75) is 104 Å². The summed E-state index contributed by atoms with van der Waals surface area (Å²) in [5.74, 6) is -1.92. The van der Waals surface area contributed by atoms with Crippen molar-refractivity contribution in [3.8, 4) is 11.1 Å². The summed E-state index contributed by atoms with van der Waals surface area (Å²) >= 11 is 0. The van der Waals surface area contributed by atoms with Crippen LogP contribution in [0, 0.1) is 47.9 Å². The average molecular weight is 505 g/mol. The van der Waals surface area contributed by atoms with Gasteiger partial charge in [-0.25, -0.2) is 17.6 Å². The first-order valence-electron chi connectivity index (χ1n) is 13.9. The lowest BCUT2D eigenvalue weighted by Gasteiger charge is -2.38. The van der Waals surface area contributed by atoms with E-state index in [1.165, 1.54) is 82.6 Å². The van der Waals surface area contributed by atoms with Gasteiger partial charge in [-0.05, 0) is 68.8 Å². The van der Waals surface area contributed by atoms with Crippen molar-refractivity contribution in [3.63, 3.8) is 0 Å². The van der Waals surface area contributed by atoms with E-state index in [1.54, 1.807) is 0 Å². The van der Waals surface area contributed by atoms with Gasteiger partial charge in [0.15, 0.2) is 23.3 Å². The molecule has 4 rings (SSSR count). The molecular weight excluding hydrogens is 464 g/mol. The number of hydrogen-bond acceptors (Lipinski definition) is 1. The van der Waals surface area contributed by atoms with E-state index in [4.69, 9.17) is 4.74 Å². The Labute approximate surface area is 213 Å². The Balaban J connectivity index is 1.26. The molecule has 2 aliphatic rings. The summed E-state index contributed by atoms with van der Waals surface area (Å²) in [6.07, 6.45) is 15.1. The van der Waals surface area contributed by atoms with Gasteiger partial charge in [0.05, 0.1) is 12.7 Å². The smallest absolute Gasteiger partial charge is 0.167 e. The molecule has 198 valence electrons. The summed E-state index contributed by atoms with van der Waals surface area (Å²) in [5, 5.41) is 0. The van der Waals surface area contributed by atoms with Crippen LogP contribution in [-0.2, 0) is 11.3 Å². The van der Waals surface area contributed by atoms with E-state index in [-0.39, 0.29) is 35.0 Å². The minimum Gasteiger partial charge on any atom is -0.373 e. The van der Waals surface area contributed by atoms with Crippen LogP contribution in [0.1, 0.15) is 95.1 Å². The largest absolute Gasteiger partial charge is 0.373 e. The number of ether oxygens (including phenoxy) is 1. The molecule has 1 nitrogen and oxygen atoms in total. The van der Waals surface area contributed by atoms with Crippen molar-refractivity contribution >= 4 is 0 Å². The molecule has 2 aromatic rings. The minimum atomic E-state index is -1.17. The fourth-order valence-corrected chi connectivity index (χ4v) is 6.33. The van der Waals surface area contributed by atoms with E-state index in [2.05, 4.69) is 6.92 Å². The topological polar surface area (TPSA) is 9.23 Å². The van der Waals surface area contributed by atoms with Gasteiger partial charge >= 0.3 is 0 Å². The van der Waals surface area contributed by atoms with Crippen LogP contribution in [-0.4, -0.2) is 6.10 Å². The van der Waals surface area contributed by atoms with Crippen molar-refractivity contribution in [2.24, 2.45) is 17.8 Å². The van der Waals surface area contributed by atoms with Gasteiger partial charge in [-0.1, -0.05) is 69.7 Å². The number of halogens is 4. The molecule has 0 heterocycles. The molecular formula is C31H40F4O. The maximum Gasteiger partial charge on any atom is 0.167 e. The van der Waals surface area contributed by atoms with Gasteiger partial charge in [0, 0.05) is 16.7 Å². The van der Waals surface area contributed by atoms with E-state index in [9.17, 15) is 17.6 Å². The number of rotatable bonds is 9. The van der Waals surface area contributed by atoms with Crippen molar-refractivity contribution in [1.29, 1.82) is 0 Å². The van der Waals surface area contributed by atoms with E-state index >= 15 is 0 Å². The minimum absolute atomic E-state index is 0.0218. The molecule has 0 N–H and O–H groups in total. The average Bonchev–Trinajstić information content (AvgIpc) is 2.90. The highest BCUT2D eigenvalue weighted by molar-refractivity contribution is 5.66. The van der Waals surface area contributed by atoms with Crippen molar-refractivity contribution in [3.05, 3.63) is 58.7 Å². The molecule has 0 amide bonds. The first-order valence-corrected chi connectivity index (χ1v) is 13.9. The van der Waals surface area contributed by atoms with Crippen LogP contribution in [0.5, 0.6) is 0 Å². The quantitative estimate of drug-likeness (QED) is 0.244. The van der Waals surface area contributed by atoms with E-state index in [0.29, 0.717) is 0 Å². The van der Waals surface area contributed by atoms with Gasteiger partial charge in [-0.15, -0.1) is 0 Å². The maximum absolute atomic E-state index is 14.8. The zero-order valence-electron chi connectivity index (χ0n) is 21.7. The highest BCUT2D eigenvalue weighted by Crippen LogP contribution is 2.42. The van der Waals surface area contributed by atoms with E-state index < -0.39 is 23.3 Å². The molecule has 5 heteroatoms. The van der Waals surface area contributed by atoms with Crippen LogP contribution in [0.15, 0.2) is 24.3 Å². The maximum atomic E-state index is 14.8. The molecule has 2 aliphatic carbocycles. The first-order chi connectivity index (χ1) is 17.4. The fourth-order valence-electron chi connectivity index (χ4n) is 6.33. The fraction of sp³-hybridized carbons (Fsp3) is 0.613. The highest BCUT2D eigenvalue weighted by Gasteiger charge is 2.31. The van der Waals surface area contributed by atoms with Gasteiger partial charge < -0.3 is 4.74 Å². The van der Waals surface area contributed by atoms with Crippen LogP contribution in [0.2, 0.25) is 0 Å². The lowest BCUT2D eigenvalue weighted by atomic mass is 9.70. The van der Waals surface area contributed by atoms with Crippen molar-refractivity contribution < 1.29 is 22.3 Å². The normalized spacial score (nSPS) is 24.7. The van der Waals surface area contributed by atoms with Crippen molar-refractivity contribution in [1.82, 2.24) is 0 Å². The zero-order valence-corrected chi connectivity index (χ0v) is 21.7. The molecule has 0 radical (unpaired) electrons. The molecule has 0 spiro atoms. The molecule has 0 atom stereocenters. The Bertz CT molecular complexity index is 1000. The Morgan fingerprint density at radius 2 is 1.28 bits per heavy atom.